The maximum absolute atomic E-state index is 11.9. The minimum atomic E-state index is -3.13. The van der Waals surface area contributed by atoms with Gasteiger partial charge in [-0.3, -0.25) is 0 Å². The molecule has 0 aromatic heterocycles. The largest absolute Gasteiger partial charge is 0.214 e. The molecular weight excluding hydrogens is 234 g/mol. The Hall–Kier alpha value is 0.200. The van der Waals surface area contributed by atoms with Crippen molar-refractivity contribution in [1.82, 2.24) is 4.31 Å². The van der Waals surface area contributed by atoms with Gasteiger partial charge in [-0.25, -0.2) is 12.7 Å². The summed E-state index contributed by atoms with van der Waals surface area (Å²) >= 11 is 5.63. The molecule has 3 nitrogen and oxygen atoms in total. The summed E-state index contributed by atoms with van der Waals surface area (Å²) in [4.78, 5) is 0. The van der Waals surface area contributed by atoms with Gasteiger partial charge in [-0.05, 0) is 11.8 Å². The molecule has 0 rings (SSSR count). The highest BCUT2D eigenvalue weighted by Crippen LogP contribution is 2.11. The fourth-order valence-corrected chi connectivity index (χ4v) is 3.56. The number of hydrogen-bond acceptors (Lipinski definition) is 2. The second kappa shape index (κ2) is 6.71. The summed E-state index contributed by atoms with van der Waals surface area (Å²) in [5, 5.41) is 0. The molecule has 0 heterocycles. The molecule has 0 fully saturated rings. The Labute approximate surface area is 98.8 Å². The van der Waals surface area contributed by atoms with Gasteiger partial charge >= 0.3 is 0 Å². The van der Waals surface area contributed by atoms with Crippen LogP contribution in [0.25, 0.3) is 0 Å². The van der Waals surface area contributed by atoms with Crippen LogP contribution in [-0.4, -0.2) is 37.4 Å². The van der Waals surface area contributed by atoms with Crippen LogP contribution in [0.1, 0.15) is 27.7 Å². The molecule has 0 spiro atoms. The van der Waals surface area contributed by atoms with Gasteiger partial charge in [-0.2, -0.15) is 0 Å². The molecule has 15 heavy (non-hydrogen) atoms. The lowest BCUT2D eigenvalue weighted by Crippen LogP contribution is -2.37. The number of sulfonamides is 1. The van der Waals surface area contributed by atoms with Crippen LogP contribution in [0.5, 0.6) is 0 Å². The van der Waals surface area contributed by atoms with Gasteiger partial charge in [-0.1, -0.05) is 27.7 Å². The number of hydrogen-bond donors (Lipinski definition) is 0. The van der Waals surface area contributed by atoms with Gasteiger partial charge in [-0.15, -0.1) is 11.6 Å². The molecule has 92 valence electrons. The van der Waals surface area contributed by atoms with Gasteiger partial charge in [0.2, 0.25) is 10.0 Å². The van der Waals surface area contributed by atoms with Gasteiger partial charge in [0, 0.05) is 19.0 Å². The van der Waals surface area contributed by atoms with Crippen molar-refractivity contribution in [2.75, 3.05) is 24.7 Å². The SMILES string of the molecule is CCN(CC(C)C)S(=O)(=O)CC(C)CCl. The van der Waals surface area contributed by atoms with Gasteiger partial charge in [0.25, 0.3) is 0 Å². The Balaban J connectivity index is 4.52. The number of nitrogens with zero attached hydrogens (tertiary/aromatic N) is 1. The minimum absolute atomic E-state index is 0.0119. The predicted molar refractivity (Wildman–Crippen MR) is 65.8 cm³/mol. The molecule has 0 aromatic rings. The second-order valence-electron chi connectivity index (χ2n) is 4.38. The van der Waals surface area contributed by atoms with Crippen molar-refractivity contribution in [3.05, 3.63) is 0 Å². The van der Waals surface area contributed by atoms with Crippen LogP contribution in [0.15, 0.2) is 0 Å². The first-order valence-electron chi connectivity index (χ1n) is 5.37. The second-order valence-corrected chi connectivity index (χ2v) is 6.70. The topological polar surface area (TPSA) is 37.4 Å². The molecule has 0 aliphatic carbocycles. The summed E-state index contributed by atoms with van der Waals surface area (Å²) in [6.07, 6.45) is 0. The first-order valence-corrected chi connectivity index (χ1v) is 7.51. The predicted octanol–water partition coefficient (Wildman–Crippen LogP) is 2.17. The minimum Gasteiger partial charge on any atom is -0.212 e. The van der Waals surface area contributed by atoms with E-state index >= 15 is 0 Å². The lowest BCUT2D eigenvalue weighted by molar-refractivity contribution is 0.378. The fourth-order valence-electron chi connectivity index (χ4n) is 1.36. The molecule has 0 aliphatic heterocycles. The summed E-state index contributed by atoms with van der Waals surface area (Å²) < 4.78 is 25.4. The van der Waals surface area contributed by atoms with Crippen molar-refractivity contribution < 1.29 is 8.42 Å². The summed E-state index contributed by atoms with van der Waals surface area (Å²) in [5.41, 5.74) is 0. The van der Waals surface area contributed by atoms with Crippen LogP contribution in [-0.2, 0) is 10.0 Å². The standard InChI is InChI=1S/C10H22ClNO2S/c1-5-12(7-9(2)3)15(13,14)8-10(4)6-11/h9-10H,5-8H2,1-4H3. The maximum atomic E-state index is 11.9. The quantitative estimate of drug-likeness (QED) is 0.654. The smallest absolute Gasteiger partial charge is 0.212 e. The first-order chi connectivity index (χ1) is 6.83. The molecule has 0 saturated carbocycles. The van der Waals surface area contributed by atoms with Crippen LogP contribution in [0.2, 0.25) is 0 Å². The van der Waals surface area contributed by atoms with Crippen molar-refractivity contribution in [3.8, 4) is 0 Å². The molecule has 0 aromatic carbocycles. The number of rotatable bonds is 7. The third-order valence-electron chi connectivity index (χ3n) is 2.07. The zero-order valence-electron chi connectivity index (χ0n) is 10.0. The lowest BCUT2D eigenvalue weighted by Gasteiger charge is -2.23. The maximum Gasteiger partial charge on any atom is 0.214 e. The highest BCUT2D eigenvalue weighted by Gasteiger charge is 2.23. The van der Waals surface area contributed by atoms with E-state index in [1.165, 1.54) is 0 Å². The van der Waals surface area contributed by atoms with E-state index in [2.05, 4.69) is 0 Å². The van der Waals surface area contributed by atoms with Gasteiger partial charge in [0.1, 0.15) is 0 Å². The Kier molecular flexibility index (Phi) is 6.80. The highest BCUT2D eigenvalue weighted by atomic mass is 35.5. The van der Waals surface area contributed by atoms with Crippen molar-refractivity contribution in [3.63, 3.8) is 0 Å². The Morgan fingerprint density at radius 1 is 1.27 bits per heavy atom. The van der Waals surface area contributed by atoms with Crippen LogP contribution in [0.3, 0.4) is 0 Å². The first kappa shape index (κ1) is 15.2. The normalized spacial score (nSPS) is 14.9. The van der Waals surface area contributed by atoms with E-state index in [1.807, 2.05) is 27.7 Å². The van der Waals surface area contributed by atoms with Crippen molar-refractivity contribution in [2.24, 2.45) is 11.8 Å². The monoisotopic (exact) mass is 255 g/mol. The van der Waals surface area contributed by atoms with Gasteiger partial charge in [0.05, 0.1) is 5.75 Å². The molecular formula is C10H22ClNO2S. The molecule has 0 aliphatic rings. The molecule has 5 heteroatoms. The Morgan fingerprint density at radius 2 is 1.80 bits per heavy atom. The van der Waals surface area contributed by atoms with Crippen molar-refractivity contribution >= 4 is 21.6 Å². The van der Waals surface area contributed by atoms with E-state index in [4.69, 9.17) is 11.6 Å². The molecule has 0 saturated heterocycles. The van der Waals surface area contributed by atoms with E-state index in [0.29, 0.717) is 24.9 Å². The highest BCUT2D eigenvalue weighted by molar-refractivity contribution is 7.89. The third-order valence-corrected chi connectivity index (χ3v) is 4.78. The molecule has 0 amide bonds. The third kappa shape index (κ3) is 5.73. The summed E-state index contributed by atoms with van der Waals surface area (Å²) in [6, 6.07) is 0. The number of halogens is 1. The fraction of sp³-hybridized carbons (Fsp3) is 1.00. The van der Waals surface area contributed by atoms with Crippen LogP contribution >= 0.6 is 11.6 Å². The van der Waals surface area contributed by atoms with E-state index in [-0.39, 0.29) is 11.7 Å². The molecule has 0 bridgehead atoms. The van der Waals surface area contributed by atoms with E-state index in [1.54, 1.807) is 4.31 Å². The summed E-state index contributed by atoms with van der Waals surface area (Å²) in [5.74, 6) is 0.902. The lowest BCUT2D eigenvalue weighted by atomic mass is 10.2. The van der Waals surface area contributed by atoms with Crippen LogP contribution < -0.4 is 0 Å². The molecule has 0 radical (unpaired) electrons. The number of alkyl halides is 1. The average molecular weight is 256 g/mol. The summed E-state index contributed by atoms with van der Waals surface area (Å²) in [6.45, 7) is 8.88. The average Bonchev–Trinajstić information content (AvgIpc) is 2.12. The van der Waals surface area contributed by atoms with Crippen LogP contribution in [0.4, 0.5) is 0 Å². The van der Waals surface area contributed by atoms with E-state index < -0.39 is 10.0 Å². The van der Waals surface area contributed by atoms with Gasteiger partial charge in [0.15, 0.2) is 0 Å². The summed E-state index contributed by atoms with van der Waals surface area (Å²) in [7, 11) is -3.13. The Morgan fingerprint density at radius 3 is 2.13 bits per heavy atom. The van der Waals surface area contributed by atoms with Crippen molar-refractivity contribution in [2.45, 2.75) is 27.7 Å². The zero-order chi connectivity index (χ0) is 12.1. The van der Waals surface area contributed by atoms with E-state index in [9.17, 15) is 8.42 Å². The zero-order valence-corrected chi connectivity index (χ0v) is 11.6. The Bertz CT molecular complexity index is 265. The van der Waals surface area contributed by atoms with E-state index in [0.717, 1.165) is 0 Å². The van der Waals surface area contributed by atoms with Crippen LogP contribution in [0, 0.1) is 11.8 Å². The van der Waals surface area contributed by atoms with Crippen molar-refractivity contribution in [1.29, 1.82) is 0 Å². The molecule has 1 unspecified atom stereocenters. The molecule has 0 N–H and O–H groups in total. The van der Waals surface area contributed by atoms with Gasteiger partial charge < -0.3 is 0 Å². The molecule has 1 atom stereocenters.